The number of hydrogen-bond donors (Lipinski definition) is 2. The molecule has 5 nitrogen and oxygen atoms in total. The van der Waals surface area contributed by atoms with E-state index >= 15 is 0 Å². The molecule has 2 fully saturated rings. The smallest absolute Gasteiger partial charge is 0.191 e. The lowest BCUT2D eigenvalue weighted by molar-refractivity contribution is 0.117. The van der Waals surface area contributed by atoms with Gasteiger partial charge in [0.25, 0.3) is 0 Å². The monoisotopic (exact) mass is 397 g/mol. The SMILES string of the molecule is CCNC(=NCC1CCCO1)NCCOCC1CC1.I. The van der Waals surface area contributed by atoms with Gasteiger partial charge >= 0.3 is 0 Å². The van der Waals surface area contributed by atoms with E-state index in [-0.39, 0.29) is 24.0 Å². The topological polar surface area (TPSA) is 54.9 Å². The summed E-state index contributed by atoms with van der Waals surface area (Å²) in [5, 5.41) is 6.54. The van der Waals surface area contributed by atoms with E-state index in [1.165, 1.54) is 19.3 Å². The van der Waals surface area contributed by atoms with Crippen LogP contribution in [0.25, 0.3) is 0 Å². The number of nitrogens with one attached hydrogen (secondary N) is 2. The second-order valence-corrected chi connectivity index (χ2v) is 5.30. The third-order valence-electron chi connectivity index (χ3n) is 3.41. The first-order chi connectivity index (χ1) is 9.38. The lowest BCUT2D eigenvalue weighted by atomic mass is 10.2. The number of hydrogen-bond acceptors (Lipinski definition) is 3. The Kier molecular flexibility index (Phi) is 9.54. The van der Waals surface area contributed by atoms with E-state index in [0.29, 0.717) is 6.10 Å². The molecule has 0 radical (unpaired) electrons. The van der Waals surface area contributed by atoms with Gasteiger partial charge < -0.3 is 20.1 Å². The maximum atomic E-state index is 5.59. The van der Waals surface area contributed by atoms with Crippen LogP contribution in [0.1, 0.15) is 32.6 Å². The lowest BCUT2D eigenvalue weighted by Gasteiger charge is -2.13. The predicted molar refractivity (Wildman–Crippen MR) is 91.9 cm³/mol. The third kappa shape index (κ3) is 7.64. The number of halogens is 1. The van der Waals surface area contributed by atoms with E-state index in [2.05, 4.69) is 22.5 Å². The lowest BCUT2D eigenvalue weighted by Crippen LogP contribution is -2.39. The standard InChI is InChI=1S/C14H27N3O2.HI/c1-2-15-14(17-10-13-4-3-8-19-13)16-7-9-18-11-12-5-6-12;/h12-13H,2-11H2,1H3,(H2,15,16,17);1H. The van der Waals surface area contributed by atoms with Crippen molar-refractivity contribution in [3.63, 3.8) is 0 Å². The molecule has 1 unspecified atom stereocenters. The zero-order valence-corrected chi connectivity index (χ0v) is 14.7. The molecule has 118 valence electrons. The molecular formula is C14H28IN3O2. The highest BCUT2D eigenvalue weighted by molar-refractivity contribution is 14.0. The van der Waals surface area contributed by atoms with E-state index in [9.17, 15) is 0 Å². The second kappa shape index (κ2) is 10.6. The van der Waals surface area contributed by atoms with Crippen LogP contribution in [0.15, 0.2) is 4.99 Å². The van der Waals surface area contributed by atoms with Crippen molar-refractivity contribution >= 4 is 29.9 Å². The molecule has 1 atom stereocenters. The van der Waals surface area contributed by atoms with Gasteiger partial charge in [0.15, 0.2) is 5.96 Å². The van der Waals surface area contributed by atoms with Crippen LogP contribution >= 0.6 is 24.0 Å². The number of ether oxygens (including phenoxy) is 2. The molecule has 1 saturated carbocycles. The molecular weight excluding hydrogens is 369 g/mol. The average molecular weight is 397 g/mol. The molecule has 1 aliphatic heterocycles. The molecule has 1 aliphatic carbocycles. The van der Waals surface area contributed by atoms with Crippen LogP contribution in [0.2, 0.25) is 0 Å². The summed E-state index contributed by atoms with van der Waals surface area (Å²) in [6.07, 6.45) is 5.30. The normalized spacial score (nSPS) is 22.4. The Morgan fingerprint density at radius 2 is 2.15 bits per heavy atom. The maximum absolute atomic E-state index is 5.59. The van der Waals surface area contributed by atoms with Crippen LogP contribution in [0.3, 0.4) is 0 Å². The van der Waals surface area contributed by atoms with Crippen LogP contribution in [-0.2, 0) is 9.47 Å². The van der Waals surface area contributed by atoms with Crippen LogP contribution in [0.4, 0.5) is 0 Å². The van der Waals surface area contributed by atoms with E-state index in [4.69, 9.17) is 9.47 Å². The van der Waals surface area contributed by atoms with E-state index < -0.39 is 0 Å². The summed E-state index contributed by atoms with van der Waals surface area (Å²) >= 11 is 0. The van der Waals surface area contributed by atoms with Crippen molar-refractivity contribution in [2.24, 2.45) is 10.9 Å². The molecule has 0 aromatic carbocycles. The molecule has 2 N–H and O–H groups in total. The minimum Gasteiger partial charge on any atom is -0.379 e. The van der Waals surface area contributed by atoms with Gasteiger partial charge in [-0.05, 0) is 38.5 Å². The molecule has 0 aromatic heterocycles. The molecule has 2 aliphatic rings. The Bertz CT molecular complexity index is 280. The van der Waals surface area contributed by atoms with Gasteiger partial charge in [0.05, 0.1) is 19.3 Å². The second-order valence-electron chi connectivity index (χ2n) is 5.30. The van der Waals surface area contributed by atoms with E-state index in [1.54, 1.807) is 0 Å². The Hall–Kier alpha value is -0.0800. The molecule has 2 rings (SSSR count). The number of rotatable bonds is 8. The van der Waals surface area contributed by atoms with Crippen LogP contribution in [0, 0.1) is 5.92 Å². The van der Waals surface area contributed by atoms with Gasteiger partial charge in [0.1, 0.15) is 0 Å². The fraction of sp³-hybridized carbons (Fsp3) is 0.929. The summed E-state index contributed by atoms with van der Waals surface area (Å²) < 4.78 is 11.2. The van der Waals surface area contributed by atoms with Crippen molar-refractivity contribution in [1.29, 1.82) is 0 Å². The van der Waals surface area contributed by atoms with Gasteiger partial charge in [-0.15, -0.1) is 24.0 Å². The summed E-state index contributed by atoms with van der Waals surface area (Å²) in [7, 11) is 0. The molecule has 0 amide bonds. The van der Waals surface area contributed by atoms with Gasteiger partial charge in [-0.1, -0.05) is 0 Å². The Labute approximate surface area is 139 Å². The van der Waals surface area contributed by atoms with Crippen molar-refractivity contribution in [1.82, 2.24) is 10.6 Å². The molecule has 0 bridgehead atoms. The first-order valence-electron chi connectivity index (χ1n) is 7.60. The van der Waals surface area contributed by atoms with Crippen molar-refractivity contribution < 1.29 is 9.47 Å². The summed E-state index contributed by atoms with van der Waals surface area (Å²) in [6.45, 7) is 7.07. The third-order valence-corrected chi connectivity index (χ3v) is 3.41. The van der Waals surface area contributed by atoms with Gasteiger partial charge in [-0.25, -0.2) is 0 Å². The molecule has 0 aromatic rings. The first-order valence-corrected chi connectivity index (χ1v) is 7.60. The van der Waals surface area contributed by atoms with Gasteiger partial charge in [0, 0.05) is 26.3 Å². The van der Waals surface area contributed by atoms with Crippen molar-refractivity contribution in [2.75, 3.05) is 39.5 Å². The number of aliphatic imine (C=N–C) groups is 1. The molecule has 1 saturated heterocycles. The Morgan fingerprint density at radius 3 is 2.80 bits per heavy atom. The minimum absolute atomic E-state index is 0. The van der Waals surface area contributed by atoms with Crippen molar-refractivity contribution in [3.8, 4) is 0 Å². The van der Waals surface area contributed by atoms with Gasteiger partial charge in [-0.3, -0.25) is 4.99 Å². The Balaban J connectivity index is 0.00000200. The molecule has 6 heteroatoms. The van der Waals surface area contributed by atoms with Crippen LogP contribution in [-0.4, -0.2) is 51.5 Å². The Morgan fingerprint density at radius 1 is 1.30 bits per heavy atom. The summed E-state index contributed by atoms with van der Waals surface area (Å²) in [5.41, 5.74) is 0. The quantitative estimate of drug-likeness (QED) is 0.284. The molecule has 20 heavy (non-hydrogen) atoms. The number of guanidine groups is 1. The largest absolute Gasteiger partial charge is 0.379 e. The molecule has 1 heterocycles. The summed E-state index contributed by atoms with van der Waals surface area (Å²) in [4.78, 5) is 4.55. The van der Waals surface area contributed by atoms with Crippen LogP contribution in [0.5, 0.6) is 0 Å². The average Bonchev–Trinajstić information content (AvgIpc) is 3.09. The van der Waals surface area contributed by atoms with E-state index in [0.717, 1.165) is 57.8 Å². The summed E-state index contributed by atoms with van der Waals surface area (Å²) in [5.74, 6) is 1.70. The zero-order valence-electron chi connectivity index (χ0n) is 12.4. The van der Waals surface area contributed by atoms with Crippen LogP contribution < -0.4 is 10.6 Å². The zero-order chi connectivity index (χ0) is 13.3. The molecule has 0 spiro atoms. The minimum atomic E-state index is 0. The van der Waals surface area contributed by atoms with Crippen molar-refractivity contribution in [2.45, 2.75) is 38.7 Å². The fourth-order valence-corrected chi connectivity index (χ4v) is 2.10. The predicted octanol–water partition coefficient (Wildman–Crippen LogP) is 1.77. The van der Waals surface area contributed by atoms with E-state index in [1.807, 2.05) is 0 Å². The van der Waals surface area contributed by atoms with Gasteiger partial charge in [0.2, 0.25) is 0 Å². The highest BCUT2D eigenvalue weighted by Gasteiger charge is 2.20. The summed E-state index contributed by atoms with van der Waals surface area (Å²) in [6, 6.07) is 0. The first kappa shape index (κ1) is 18.0. The maximum Gasteiger partial charge on any atom is 0.191 e. The van der Waals surface area contributed by atoms with Gasteiger partial charge in [-0.2, -0.15) is 0 Å². The fourth-order valence-electron chi connectivity index (χ4n) is 2.10. The highest BCUT2D eigenvalue weighted by atomic mass is 127. The number of nitrogens with zero attached hydrogens (tertiary/aromatic N) is 1. The van der Waals surface area contributed by atoms with Crippen molar-refractivity contribution in [3.05, 3.63) is 0 Å². The highest BCUT2D eigenvalue weighted by Crippen LogP contribution is 2.28.